The molecule has 1 saturated heterocycles. The Morgan fingerprint density at radius 3 is 2.92 bits per heavy atom. The Balaban J connectivity index is 1.69. The molecule has 2 aromatic heterocycles. The highest BCUT2D eigenvalue weighted by Gasteiger charge is 2.30. The summed E-state index contributed by atoms with van der Waals surface area (Å²) in [5, 5.41) is 17.8. The fourth-order valence-electron chi connectivity index (χ4n) is 2.49. The first kappa shape index (κ1) is 17.8. The van der Waals surface area contributed by atoms with Gasteiger partial charge in [-0.1, -0.05) is 13.3 Å². The SMILES string of the molecule is CCCCN1C(=O)/C(=C\c2ccc(Cn3ccc([N+](=O)[O-])n3)o2)NC1=S. The summed E-state index contributed by atoms with van der Waals surface area (Å²) in [6, 6.07) is 4.76. The minimum Gasteiger partial charge on any atom is -0.460 e. The smallest absolute Gasteiger partial charge is 0.389 e. The van der Waals surface area contributed by atoms with Crippen LogP contribution in [0.5, 0.6) is 0 Å². The molecule has 9 nitrogen and oxygen atoms in total. The average molecular weight is 375 g/mol. The molecule has 3 rings (SSSR count). The van der Waals surface area contributed by atoms with Crippen molar-refractivity contribution in [1.82, 2.24) is 20.0 Å². The van der Waals surface area contributed by atoms with Crippen LogP contribution in [0.3, 0.4) is 0 Å². The van der Waals surface area contributed by atoms with Crippen molar-refractivity contribution in [1.29, 1.82) is 0 Å². The van der Waals surface area contributed by atoms with Gasteiger partial charge in [-0.15, -0.1) is 0 Å². The number of hydrogen-bond acceptors (Lipinski definition) is 6. The van der Waals surface area contributed by atoms with E-state index in [2.05, 4.69) is 10.4 Å². The lowest BCUT2D eigenvalue weighted by molar-refractivity contribution is -0.389. The number of unbranched alkanes of at least 4 members (excludes halogenated alkanes) is 1. The van der Waals surface area contributed by atoms with E-state index in [1.807, 2.05) is 6.92 Å². The van der Waals surface area contributed by atoms with Crippen molar-refractivity contribution in [2.45, 2.75) is 26.3 Å². The topological polar surface area (TPSA) is 106 Å². The highest BCUT2D eigenvalue weighted by molar-refractivity contribution is 7.80. The molecule has 1 amide bonds. The van der Waals surface area contributed by atoms with Gasteiger partial charge in [-0.3, -0.25) is 9.69 Å². The molecule has 0 spiro atoms. The van der Waals surface area contributed by atoms with Crippen molar-refractivity contribution in [3.63, 3.8) is 0 Å². The Morgan fingerprint density at radius 1 is 1.42 bits per heavy atom. The molecule has 0 atom stereocenters. The van der Waals surface area contributed by atoms with Gasteiger partial charge in [0, 0.05) is 12.6 Å². The first-order valence-corrected chi connectivity index (χ1v) is 8.50. The summed E-state index contributed by atoms with van der Waals surface area (Å²) in [6.45, 7) is 2.88. The van der Waals surface area contributed by atoms with Crippen LogP contribution in [0.25, 0.3) is 6.08 Å². The summed E-state index contributed by atoms with van der Waals surface area (Å²) in [6.07, 6.45) is 4.95. The Bertz CT molecular complexity index is 885. The molecule has 0 saturated carbocycles. The zero-order valence-corrected chi connectivity index (χ0v) is 14.9. The van der Waals surface area contributed by atoms with Crippen LogP contribution >= 0.6 is 12.2 Å². The number of carbonyl (C=O) groups is 1. The molecule has 2 aromatic rings. The van der Waals surface area contributed by atoms with E-state index < -0.39 is 4.92 Å². The van der Waals surface area contributed by atoms with E-state index in [1.165, 1.54) is 21.8 Å². The number of rotatable bonds is 7. The molecular formula is C16H17N5O4S. The number of hydrogen-bond donors (Lipinski definition) is 1. The summed E-state index contributed by atoms with van der Waals surface area (Å²) in [4.78, 5) is 24.0. The fraction of sp³-hybridized carbons (Fsp3) is 0.312. The molecule has 3 heterocycles. The third-order valence-corrected chi connectivity index (χ3v) is 4.12. The van der Waals surface area contributed by atoms with Crippen LogP contribution in [0.15, 0.2) is 34.5 Å². The standard InChI is InChI=1S/C16H17N5O4S/c1-2-3-7-20-15(22)13(17-16(20)26)9-11-4-5-12(25-11)10-19-8-6-14(18-19)21(23)24/h4-6,8-9H,2-3,7,10H2,1H3,(H,17,26)/b13-9+. The molecule has 0 aromatic carbocycles. The zero-order valence-electron chi connectivity index (χ0n) is 14.0. The number of carbonyl (C=O) groups excluding carboxylic acids is 1. The molecule has 26 heavy (non-hydrogen) atoms. The van der Waals surface area contributed by atoms with Gasteiger partial charge in [0.25, 0.3) is 5.91 Å². The molecule has 0 bridgehead atoms. The second-order valence-electron chi connectivity index (χ2n) is 5.73. The number of amides is 1. The Labute approximate surface area is 154 Å². The summed E-state index contributed by atoms with van der Waals surface area (Å²) in [5.74, 6) is 0.646. The van der Waals surface area contributed by atoms with Crippen molar-refractivity contribution in [3.8, 4) is 0 Å². The maximum absolute atomic E-state index is 12.4. The van der Waals surface area contributed by atoms with Crippen LogP contribution in [0.1, 0.15) is 31.3 Å². The number of furan rings is 1. The van der Waals surface area contributed by atoms with Gasteiger partial charge in [-0.05, 0) is 35.7 Å². The molecule has 1 aliphatic rings. The molecular weight excluding hydrogens is 358 g/mol. The van der Waals surface area contributed by atoms with Crippen LogP contribution < -0.4 is 5.32 Å². The maximum atomic E-state index is 12.4. The normalized spacial score (nSPS) is 15.7. The van der Waals surface area contributed by atoms with Gasteiger partial charge in [-0.25, -0.2) is 0 Å². The third-order valence-electron chi connectivity index (χ3n) is 3.80. The summed E-state index contributed by atoms with van der Waals surface area (Å²) < 4.78 is 7.07. The summed E-state index contributed by atoms with van der Waals surface area (Å²) in [7, 11) is 0. The minimum atomic E-state index is -0.557. The van der Waals surface area contributed by atoms with Crippen LogP contribution in [-0.4, -0.2) is 37.2 Å². The lowest BCUT2D eigenvalue weighted by Crippen LogP contribution is -2.31. The number of nitrogens with one attached hydrogen (secondary N) is 1. The van der Waals surface area contributed by atoms with Gasteiger partial charge in [0.1, 0.15) is 23.8 Å². The minimum absolute atomic E-state index is 0.177. The Kier molecular flexibility index (Phi) is 5.12. The first-order valence-electron chi connectivity index (χ1n) is 8.09. The Hall–Kier alpha value is -3.01. The second kappa shape index (κ2) is 7.48. The van der Waals surface area contributed by atoms with Gasteiger partial charge in [-0.2, -0.15) is 4.68 Å². The molecule has 1 N–H and O–H groups in total. The molecule has 1 fully saturated rings. The number of nitrogens with zero attached hydrogens (tertiary/aromatic N) is 4. The number of thiocarbonyl (C=S) groups is 1. The Morgan fingerprint density at radius 2 is 2.23 bits per heavy atom. The van der Waals surface area contributed by atoms with Gasteiger partial charge in [0.15, 0.2) is 5.11 Å². The largest absolute Gasteiger partial charge is 0.460 e. The number of nitro groups is 1. The third kappa shape index (κ3) is 3.80. The first-order chi connectivity index (χ1) is 12.5. The van der Waals surface area contributed by atoms with Gasteiger partial charge < -0.3 is 19.8 Å². The van der Waals surface area contributed by atoms with Crippen molar-refractivity contribution in [3.05, 3.63) is 51.7 Å². The fourth-order valence-corrected chi connectivity index (χ4v) is 2.77. The molecule has 10 heteroatoms. The van der Waals surface area contributed by atoms with Crippen LogP contribution in [0.4, 0.5) is 5.82 Å². The zero-order chi connectivity index (χ0) is 18.7. The van der Waals surface area contributed by atoms with Crippen LogP contribution in [-0.2, 0) is 11.3 Å². The molecule has 1 aliphatic heterocycles. The maximum Gasteiger partial charge on any atom is 0.389 e. The van der Waals surface area contributed by atoms with Crippen LogP contribution in [0, 0.1) is 10.1 Å². The monoisotopic (exact) mass is 375 g/mol. The van der Waals surface area contributed by atoms with E-state index in [-0.39, 0.29) is 18.3 Å². The predicted molar refractivity (Wildman–Crippen MR) is 97.0 cm³/mol. The van der Waals surface area contributed by atoms with Gasteiger partial charge >= 0.3 is 5.82 Å². The van der Waals surface area contributed by atoms with Crippen molar-refractivity contribution < 1.29 is 14.1 Å². The van der Waals surface area contributed by atoms with Crippen molar-refractivity contribution >= 4 is 35.1 Å². The van der Waals surface area contributed by atoms with E-state index in [9.17, 15) is 14.9 Å². The summed E-state index contributed by atoms with van der Waals surface area (Å²) >= 11 is 5.20. The molecule has 136 valence electrons. The highest BCUT2D eigenvalue weighted by Crippen LogP contribution is 2.18. The second-order valence-corrected chi connectivity index (χ2v) is 6.12. The van der Waals surface area contributed by atoms with E-state index in [0.717, 1.165) is 12.8 Å². The lowest BCUT2D eigenvalue weighted by Gasteiger charge is -2.12. The predicted octanol–water partition coefficient (Wildman–Crippen LogP) is 2.29. The van der Waals surface area contributed by atoms with Gasteiger partial charge in [0.2, 0.25) is 0 Å². The van der Waals surface area contributed by atoms with Crippen molar-refractivity contribution in [2.24, 2.45) is 0 Å². The average Bonchev–Trinajstić information content (AvgIpc) is 3.29. The van der Waals surface area contributed by atoms with Gasteiger partial charge in [0.05, 0.1) is 17.4 Å². The van der Waals surface area contributed by atoms with E-state index >= 15 is 0 Å². The van der Waals surface area contributed by atoms with E-state index in [4.69, 9.17) is 16.6 Å². The molecule has 0 radical (unpaired) electrons. The quantitative estimate of drug-likeness (QED) is 0.342. The molecule has 0 unspecified atom stereocenters. The van der Waals surface area contributed by atoms with E-state index in [1.54, 1.807) is 18.2 Å². The van der Waals surface area contributed by atoms with Crippen molar-refractivity contribution in [2.75, 3.05) is 6.54 Å². The molecule has 0 aliphatic carbocycles. The van der Waals surface area contributed by atoms with Crippen LogP contribution in [0.2, 0.25) is 0 Å². The number of aromatic nitrogens is 2. The van der Waals surface area contributed by atoms with E-state index in [0.29, 0.717) is 28.9 Å². The highest BCUT2D eigenvalue weighted by atomic mass is 32.1. The summed E-state index contributed by atoms with van der Waals surface area (Å²) in [5.41, 5.74) is 0.363. The lowest BCUT2D eigenvalue weighted by atomic mass is 10.3.